The van der Waals surface area contributed by atoms with Crippen LogP contribution < -0.4 is 0 Å². The van der Waals surface area contributed by atoms with E-state index >= 15 is 0 Å². The first kappa shape index (κ1) is 74.4. The molecular formula is C71H130O6. The summed E-state index contributed by atoms with van der Waals surface area (Å²) in [5, 5.41) is 0. The van der Waals surface area contributed by atoms with E-state index in [1.54, 1.807) is 0 Å². The van der Waals surface area contributed by atoms with Crippen molar-refractivity contribution in [3.05, 3.63) is 48.6 Å². The van der Waals surface area contributed by atoms with Crippen molar-refractivity contribution in [2.45, 2.75) is 374 Å². The zero-order valence-electron chi connectivity index (χ0n) is 51.7. The molecule has 0 fully saturated rings. The highest BCUT2D eigenvalue weighted by Gasteiger charge is 2.19. The summed E-state index contributed by atoms with van der Waals surface area (Å²) in [7, 11) is 0. The Kier molecular flexibility index (Phi) is 63.6. The minimum absolute atomic E-state index is 0.0661. The third kappa shape index (κ3) is 64.1. The Morgan fingerprint density at radius 3 is 0.792 bits per heavy atom. The topological polar surface area (TPSA) is 78.9 Å². The molecule has 1 unspecified atom stereocenters. The Hall–Kier alpha value is -2.63. The zero-order valence-corrected chi connectivity index (χ0v) is 51.7. The van der Waals surface area contributed by atoms with Gasteiger partial charge in [-0.15, -0.1) is 0 Å². The standard InChI is InChI=1S/C71H130O6/c1-4-7-10-13-16-19-22-25-28-30-32-33-34-35-36-37-38-39-40-42-43-46-49-52-55-58-61-64-70(73)76-67-68(66-75-69(72)63-60-57-54-51-48-45-27-24-21-18-15-12-9-6-3)77-71(74)65-62-59-56-53-50-47-44-41-31-29-26-23-20-17-14-11-8-5-2/h7,10,16,19,25,28,32-33,68H,4-6,8-9,11-15,17-18,20-24,26-27,29-31,34-67H2,1-3H3/b10-7-,19-16-,28-25-,33-32-. The van der Waals surface area contributed by atoms with E-state index in [4.69, 9.17) is 14.2 Å². The van der Waals surface area contributed by atoms with Crippen LogP contribution in [0, 0.1) is 0 Å². The average molecular weight is 1080 g/mol. The SMILES string of the molecule is CC/C=C\C/C=C\C/C=C\C/C=C\CCCCCCCCCCCCCCCCC(=O)OCC(COC(=O)CCCCCCCCCCCCCCCC)OC(=O)CCCCCCCCCCCCCCCCCCCC. The molecule has 0 aromatic heterocycles. The van der Waals surface area contributed by atoms with Crippen LogP contribution >= 0.6 is 0 Å². The predicted molar refractivity (Wildman–Crippen MR) is 335 cm³/mol. The van der Waals surface area contributed by atoms with Crippen LogP contribution in [0.3, 0.4) is 0 Å². The molecule has 0 amide bonds. The van der Waals surface area contributed by atoms with Crippen LogP contribution in [0.25, 0.3) is 0 Å². The highest BCUT2D eigenvalue weighted by atomic mass is 16.6. The largest absolute Gasteiger partial charge is 0.462 e. The van der Waals surface area contributed by atoms with Gasteiger partial charge in [-0.25, -0.2) is 0 Å². The fourth-order valence-electron chi connectivity index (χ4n) is 10.3. The van der Waals surface area contributed by atoms with E-state index in [-0.39, 0.29) is 31.1 Å². The minimum atomic E-state index is -0.769. The molecule has 0 saturated carbocycles. The number of esters is 3. The number of unbranched alkanes of at least 4 members (excludes halogenated alkanes) is 44. The summed E-state index contributed by atoms with van der Waals surface area (Å²) < 4.78 is 17.0. The number of carbonyl (C=O) groups excluding carboxylic acids is 3. The Labute approximate surface area is 479 Å². The zero-order chi connectivity index (χ0) is 55.7. The van der Waals surface area contributed by atoms with E-state index in [1.165, 1.54) is 244 Å². The first-order valence-corrected chi connectivity index (χ1v) is 34.1. The van der Waals surface area contributed by atoms with Crippen molar-refractivity contribution in [1.29, 1.82) is 0 Å². The summed E-state index contributed by atoms with van der Waals surface area (Å²) in [6.45, 7) is 6.60. The number of hydrogen-bond donors (Lipinski definition) is 0. The van der Waals surface area contributed by atoms with E-state index in [0.717, 1.165) is 83.5 Å². The fraction of sp³-hybridized carbons (Fsp3) is 0.845. The first-order valence-electron chi connectivity index (χ1n) is 34.1. The van der Waals surface area contributed by atoms with Gasteiger partial charge >= 0.3 is 17.9 Å². The van der Waals surface area contributed by atoms with Crippen LogP contribution in [0.1, 0.15) is 367 Å². The van der Waals surface area contributed by atoms with Crippen LogP contribution in [-0.2, 0) is 28.6 Å². The number of ether oxygens (including phenoxy) is 3. The third-order valence-corrected chi connectivity index (χ3v) is 15.3. The maximum Gasteiger partial charge on any atom is 0.306 e. The summed E-state index contributed by atoms with van der Waals surface area (Å²) in [5.74, 6) is -0.838. The highest BCUT2D eigenvalue weighted by molar-refractivity contribution is 5.71. The van der Waals surface area contributed by atoms with Gasteiger partial charge in [-0.1, -0.05) is 339 Å². The van der Waals surface area contributed by atoms with E-state index in [1.807, 2.05) is 0 Å². The van der Waals surface area contributed by atoms with E-state index in [2.05, 4.69) is 69.4 Å². The summed E-state index contributed by atoms with van der Waals surface area (Å²) in [5.41, 5.74) is 0. The third-order valence-electron chi connectivity index (χ3n) is 15.3. The van der Waals surface area contributed by atoms with Gasteiger partial charge < -0.3 is 14.2 Å². The van der Waals surface area contributed by atoms with Gasteiger partial charge in [-0.3, -0.25) is 14.4 Å². The molecule has 1 atom stereocenters. The number of allylic oxidation sites excluding steroid dienone is 8. The molecule has 0 rings (SSSR count). The second-order valence-corrected chi connectivity index (χ2v) is 23.1. The van der Waals surface area contributed by atoms with Gasteiger partial charge in [0.1, 0.15) is 13.2 Å². The fourth-order valence-corrected chi connectivity index (χ4v) is 10.3. The van der Waals surface area contributed by atoms with E-state index in [9.17, 15) is 14.4 Å². The maximum atomic E-state index is 12.9. The summed E-state index contributed by atoms with van der Waals surface area (Å²) in [6.07, 6.45) is 82.7. The van der Waals surface area contributed by atoms with Crippen molar-refractivity contribution < 1.29 is 28.6 Å². The van der Waals surface area contributed by atoms with Crippen LogP contribution in [0.4, 0.5) is 0 Å². The Bertz CT molecular complexity index is 1330. The molecule has 0 aliphatic carbocycles. The minimum Gasteiger partial charge on any atom is -0.462 e. The van der Waals surface area contributed by atoms with Gasteiger partial charge in [-0.2, -0.15) is 0 Å². The molecule has 450 valence electrons. The summed E-state index contributed by atoms with van der Waals surface area (Å²) in [4.78, 5) is 38.4. The lowest BCUT2D eigenvalue weighted by molar-refractivity contribution is -0.167. The van der Waals surface area contributed by atoms with Crippen molar-refractivity contribution in [1.82, 2.24) is 0 Å². The Balaban J connectivity index is 4.23. The maximum absolute atomic E-state index is 12.9. The van der Waals surface area contributed by atoms with Crippen molar-refractivity contribution in [3.63, 3.8) is 0 Å². The van der Waals surface area contributed by atoms with Gasteiger partial charge in [0.05, 0.1) is 0 Å². The van der Waals surface area contributed by atoms with E-state index in [0.29, 0.717) is 19.3 Å². The molecule has 0 aliphatic rings. The van der Waals surface area contributed by atoms with Gasteiger partial charge in [-0.05, 0) is 57.8 Å². The first-order chi connectivity index (χ1) is 38.0. The molecule has 0 aromatic rings. The summed E-state index contributed by atoms with van der Waals surface area (Å²) >= 11 is 0. The smallest absolute Gasteiger partial charge is 0.306 e. The number of carbonyl (C=O) groups is 3. The van der Waals surface area contributed by atoms with Gasteiger partial charge in [0.2, 0.25) is 0 Å². The lowest BCUT2D eigenvalue weighted by atomic mass is 10.0. The van der Waals surface area contributed by atoms with Crippen molar-refractivity contribution in [2.24, 2.45) is 0 Å². The number of hydrogen-bond acceptors (Lipinski definition) is 6. The number of rotatable bonds is 63. The molecule has 0 N–H and O–H groups in total. The molecule has 6 heteroatoms. The lowest BCUT2D eigenvalue weighted by Crippen LogP contribution is -2.30. The van der Waals surface area contributed by atoms with Gasteiger partial charge in [0.25, 0.3) is 0 Å². The molecule has 0 saturated heterocycles. The lowest BCUT2D eigenvalue weighted by Gasteiger charge is -2.18. The molecule has 0 aliphatic heterocycles. The average Bonchev–Trinajstić information content (AvgIpc) is 3.43. The second kappa shape index (κ2) is 65.9. The van der Waals surface area contributed by atoms with Crippen LogP contribution in [0.5, 0.6) is 0 Å². The van der Waals surface area contributed by atoms with Crippen LogP contribution in [0.15, 0.2) is 48.6 Å². The van der Waals surface area contributed by atoms with Crippen molar-refractivity contribution in [3.8, 4) is 0 Å². The molecule has 0 heterocycles. The molecular weight excluding hydrogens is 949 g/mol. The highest BCUT2D eigenvalue weighted by Crippen LogP contribution is 2.18. The second-order valence-electron chi connectivity index (χ2n) is 23.1. The molecule has 0 bridgehead atoms. The Morgan fingerprint density at radius 2 is 0.506 bits per heavy atom. The quantitative estimate of drug-likeness (QED) is 0.0261. The molecule has 0 spiro atoms. The normalized spacial score (nSPS) is 12.3. The molecule has 77 heavy (non-hydrogen) atoms. The van der Waals surface area contributed by atoms with Gasteiger partial charge in [0, 0.05) is 19.3 Å². The van der Waals surface area contributed by atoms with Crippen LogP contribution in [-0.4, -0.2) is 37.2 Å². The van der Waals surface area contributed by atoms with Crippen molar-refractivity contribution >= 4 is 17.9 Å². The monoisotopic (exact) mass is 1080 g/mol. The van der Waals surface area contributed by atoms with E-state index < -0.39 is 6.10 Å². The Morgan fingerprint density at radius 1 is 0.273 bits per heavy atom. The van der Waals surface area contributed by atoms with Crippen LogP contribution in [0.2, 0.25) is 0 Å². The summed E-state index contributed by atoms with van der Waals surface area (Å²) in [6, 6.07) is 0. The predicted octanol–water partition coefficient (Wildman–Crippen LogP) is 23.3. The molecule has 0 radical (unpaired) electrons. The van der Waals surface area contributed by atoms with Crippen molar-refractivity contribution in [2.75, 3.05) is 13.2 Å². The molecule has 0 aromatic carbocycles. The molecule has 6 nitrogen and oxygen atoms in total. The van der Waals surface area contributed by atoms with Gasteiger partial charge in [0.15, 0.2) is 6.10 Å².